The molecule has 0 aliphatic heterocycles. The predicted molar refractivity (Wildman–Crippen MR) is 59.8 cm³/mol. The Hall–Kier alpha value is -0.610. The molecule has 0 bridgehead atoms. The molecule has 0 rings (SSSR count). The molecule has 0 heterocycles. The van der Waals surface area contributed by atoms with Crippen molar-refractivity contribution in [3.8, 4) is 0 Å². The molecule has 0 aromatic rings. The van der Waals surface area contributed by atoms with Gasteiger partial charge in [0, 0.05) is 13.0 Å². The second-order valence-electron chi connectivity index (χ2n) is 3.85. The van der Waals surface area contributed by atoms with Gasteiger partial charge in [-0.15, -0.1) is 0 Å². The monoisotopic (exact) mass is 217 g/mol. The van der Waals surface area contributed by atoms with Crippen LogP contribution in [-0.2, 0) is 4.79 Å². The topological polar surface area (TPSA) is 69.6 Å². The first-order chi connectivity index (χ1) is 7.11. The average Bonchev–Trinajstić information content (AvgIpc) is 2.18. The maximum atomic E-state index is 10.2. The Bertz CT molecular complexity index is 169. The molecule has 0 aromatic carbocycles. The van der Waals surface area contributed by atoms with Crippen molar-refractivity contribution >= 4 is 5.97 Å². The van der Waals surface area contributed by atoms with E-state index < -0.39 is 5.97 Å². The minimum absolute atomic E-state index is 0.189. The quantitative estimate of drug-likeness (QED) is 0.508. The summed E-state index contributed by atoms with van der Waals surface area (Å²) < 4.78 is 0. The van der Waals surface area contributed by atoms with E-state index in [-0.39, 0.29) is 12.5 Å². The molecule has 0 radical (unpaired) electrons. The van der Waals surface area contributed by atoms with E-state index in [9.17, 15) is 9.90 Å². The van der Waals surface area contributed by atoms with Crippen LogP contribution in [-0.4, -0.2) is 35.4 Å². The van der Waals surface area contributed by atoms with E-state index in [1.807, 2.05) is 0 Å². The third kappa shape index (κ3) is 7.33. The largest absolute Gasteiger partial charge is 0.481 e. The molecule has 0 aliphatic rings. The zero-order chi connectivity index (χ0) is 11.7. The summed E-state index contributed by atoms with van der Waals surface area (Å²) in [5.74, 6) is -0.422. The summed E-state index contributed by atoms with van der Waals surface area (Å²) in [6.45, 7) is 5.36. The summed E-state index contributed by atoms with van der Waals surface area (Å²) >= 11 is 0. The molecule has 1 atom stereocenters. The van der Waals surface area contributed by atoms with E-state index in [1.54, 1.807) is 0 Å². The summed E-state index contributed by atoms with van der Waals surface area (Å²) in [6, 6.07) is 0. The lowest BCUT2D eigenvalue weighted by molar-refractivity contribution is -0.137. The number of hydrogen-bond donors (Lipinski definition) is 3. The molecule has 3 N–H and O–H groups in total. The highest BCUT2D eigenvalue weighted by atomic mass is 16.4. The van der Waals surface area contributed by atoms with Crippen molar-refractivity contribution < 1.29 is 15.0 Å². The van der Waals surface area contributed by atoms with Gasteiger partial charge in [0.05, 0.1) is 6.10 Å². The molecule has 4 heteroatoms. The fraction of sp³-hybridized carbons (Fsp3) is 0.909. The van der Waals surface area contributed by atoms with Crippen LogP contribution in [0.1, 0.15) is 39.5 Å². The van der Waals surface area contributed by atoms with Crippen molar-refractivity contribution in [3.63, 3.8) is 0 Å². The van der Waals surface area contributed by atoms with Crippen LogP contribution in [0.25, 0.3) is 0 Å². The second kappa shape index (κ2) is 8.68. The lowest BCUT2D eigenvalue weighted by atomic mass is 9.96. The van der Waals surface area contributed by atoms with E-state index >= 15 is 0 Å². The van der Waals surface area contributed by atoms with Crippen LogP contribution in [0, 0.1) is 5.92 Å². The van der Waals surface area contributed by atoms with Crippen LogP contribution in [0.4, 0.5) is 0 Å². The van der Waals surface area contributed by atoms with E-state index in [0.29, 0.717) is 25.4 Å². The Balaban J connectivity index is 3.45. The fourth-order valence-corrected chi connectivity index (χ4v) is 1.61. The molecule has 1 unspecified atom stereocenters. The zero-order valence-electron chi connectivity index (χ0n) is 9.70. The van der Waals surface area contributed by atoms with Gasteiger partial charge in [-0.2, -0.15) is 0 Å². The number of aliphatic hydroxyl groups is 1. The number of carbonyl (C=O) groups is 1. The number of hydrogen-bond acceptors (Lipinski definition) is 3. The summed E-state index contributed by atoms with van der Waals surface area (Å²) in [7, 11) is 0. The molecule has 90 valence electrons. The van der Waals surface area contributed by atoms with Crippen molar-refractivity contribution in [2.24, 2.45) is 5.92 Å². The summed E-state index contributed by atoms with van der Waals surface area (Å²) in [6.07, 6.45) is 2.45. The first kappa shape index (κ1) is 14.4. The number of carboxylic acids is 1. The van der Waals surface area contributed by atoms with Crippen LogP contribution in [0.2, 0.25) is 0 Å². The molecule has 15 heavy (non-hydrogen) atoms. The smallest absolute Gasteiger partial charge is 0.303 e. The molecule has 0 spiro atoms. The lowest BCUT2D eigenvalue weighted by Gasteiger charge is -2.20. The van der Waals surface area contributed by atoms with Crippen LogP contribution in [0.3, 0.4) is 0 Å². The summed E-state index contributed by atoms with van der Waals surface area (Å²) in [5, 5.41) is 21.2. The number of aliphatic carboxylic acids is 1. The Kier molecular flexibility index (Phi) is 8.33. The van der Waals surface area contributed by atoms with Gasteiger partial charge >= 0.3 is 5.97 Å². The molecule has 0 saturated heterocycles. The van der Waals surface area contributed by atoms with Gasteiger partial charge in [-0.05, 0) is 18.9 Å². The molecule has 0 amide bonds. The minimum atomic E-state index is -0.766. The number of carboxylic acid groups (broad SMARTS) is 1. The van der Waals surface area contributed by atoms with Crippen molar-refractivity contribution in [2.45, 2.75) is 45.6 Å². The van der Waals surface area contributed by atoms with E-state index in [0.717, 1.165) is 12.8 Å². The number of aliphatic hydroxyl groups excluding tert-OH is 1. The number of nitrogens with one attached hydrogen (secondary N) is 1. The molecule has 0 aromatic heterocycles. The van der Waals surface area contributed by atoms with E-state index in [2.05, 4.69) is 19.2 Å². The molecule has 0 saturated carbocycles. The molecule has 0 aliphatic carbocycles. The Morgan fingerprint density at radius 1 is 1.33 bits per heavy atom. The van der Waals surface area contributed by atoms with Gasteiger partial charge in [-0.3, -0.25) is 4.79 Å². The van der Waals surface area contributed by atoms with Gasteiger partial charge < -0.3 is 15.5 Å². The summed E-state index contributed by atoms with van der Waals surface area (Å²) in [4.78, 5) is 10.2. The first-order valence-corrected chi connectivity index (χ1v) is 5.72. The van der Waals surface area contributed by atoms with Crippen molar-refractivity contribution in [2.75, 3.05) is 13.1 Å². The highest BCUT2D eigenvalue weighted by Gasteiger charge is 2.14. The third-order valence-corrected chi connectivity index (χ3v) is 2.69. The minimum Gasteiger partial charge on any atom is -0.481 e. The van der Waals surface area contributed by atoms with Crippen LogP contribution in [0.15, 0.2) is 0 Å². The van der Waals surface area contributed by atoms with Crippen molar-refractivity contribution in [1.29, 1.82) is 0 Å². The Labute approximate surface area is 91.7 Å². The van der Waals surface area contributed by atoms with Gasteiger partial charge in [-0.25, -0.2) is 0 Å². The van der Waals surface area contributed by atoms with Gasteiger partial charge in [0.15, 0.2) is 0 Å². The Morgan fingerprint density at radius 2 is 1.93 bits per heavy atom. The van der Waals surface area contributed by atoms with Gasteiger partial charge in [0.2, 0.25) is 0 Å². The molecular formula is C11H23NO3. The van der Waals surface area contributed by atoms with Gasteiger partial charge in [0.1, 0.15) is 0 Å². The van der Waals surface area contributed by atoms with Crippen LogP contribution >= 0.6 is 0 Å². The van der Waals surface area contributed by atoms with E-state index in [4.69, 9.17) is 5.11 Å². The fourth-order valence-electron chi connectivity index (χ4n) is 1.61. The molecule has 0 fully saturated rings. The highest BCUT2D eigenvalue weighted by Crippen LogP contribution is 2.12. The van der Waals surface area contributed by atoms with Crippen LogP contribution < -0.4 is 5.32 Å². The predicted octanol–water partition coefficient (Wildman–Crippen LogP) is 1.24. The molecular weight excluding hydrogens is 194 g/mol. The van der Waals surface area contributed by atoms with Gasteiger partial charge in [-0.1, -0.05) is 26.7 Å². The van der Waals surface area contributed by atoms with Crippen molar-refractivity contribution in [1.82, 2.24) is 5.32 Å². The van der Waals surface area contributed by atoms with Crippen LogP contribution in [0.5, 0.6) is 0 Å². The standard InChI is InChI=1S/C11H23NO3/c1-3-9(4-2)10(13)8-12-7-5-6-11(14)15/h9-10,12-13H,3-8H2,1-2H3,(H,14,15). The third-order valence-electron chi connectivity index (χ3n) is 2.69. The first-order valence-electron chi connectivity index (χ1n) is 5.72. The summed E-state index contributed by atoms with van der Waals surface area (Å²) in [5.41, 5.74) is 0. The SMILES string of the molecule is CCC(CC)C(O)CNCCCC(=O)O. The average molecular weight is 217 g/mol. The van der Waals surface area contributed by atoms with Gasteiger partial charge in [0.25, 0.3) is 0 Å². The Morgan fingerprint density at radius 3 is 2.40 bits per heavy atom. The maximum absolute atomic E-state index is 10.2. The normalized spacial score (nSPS) is 13.1. The van der Waals surface area contributed by atoms with E-state index in [1.165, 1.54) is 0 Å². The zero-order valence-corrected chi connectivity index (χ0v) is 9.70. The lowest BCUT2D eigenvalue weighted by Crippen LogP contribution is -2.33. The maximum Gasteiger partial charge on any atom is 0.303 e. The second-order valence-corrected chi connectivity index (χ2v) is 3.85. The van der Waals surface area contributed by atoms with Crippen molar-refractivity contribution in [3.05, 3.63) is 0 Å². The number of rotatable bonds is 9. The highest BCUT2D eigenvalue weighted by molar-refractivity contribution is 5.66. The molecule has 4 nitrogen and oxygen atoms in total.